The summed E-state index contributed by atoms with van der Waals surface area (Å²) in [5, 5.41) is 0. The lowest BCUT2D eigenvalue weighted by molar-refractivity contribution is -0.139. The number of carbonyl (C=O) groups excluding carboxylic acids is 1. The molecule has 0 saturated carbocycles. The number of alkyl halides is 3. The maximum absolute atomic E-state index is 11.9. The van der Waals surface area contributed by atoms with Crippen molar-refractivity contribution in [2.45, 2.75) is 12.6 Å². The van der Waals surface area contributed by atoms with Crippen LogP contribution in [-0.4, -0.2) is 30.8 Å². The van der Waals surface area contributed by atoms with E-state index in [1.807, 2.05) is 0 Å². The maximum atomic E-state index is 11.9. The summed E-state index contributed by atoms with van der Waals surface area (Å²) in [6.45, 7) is -0.560. The third-order valence-corrected chi connectivity index (χ3v) is 1.93. The smallest absolute Gasteiger partial charge is 0.392 e. The second kappa shape index (κ2) is 5.56. The van der Waals surface area contributed by atoms with Crippen LogP contribution in [0.5, 0.6) is 11.8 Å². The van der Waals surface area contributed by atoms with Gasteiger partial charge in [-0.25, -0.2) is 0 Å². The molecule has 0 fully saturated rings. The van der Waals surface area contributed by atoms with Gasteiger partial charge in [0, 0.05) is 6.07 Å². The van der Waals surface area contributed by atoms with Crippen LogP contribution >= 0.6 is 0 Å². The van der Waals surface area contributed by atoms with Gasteiger partial charge in [0.25, 0.3) is 5.91 Å². The standard InChI is InChI=1S/C10H11F3N2O3/c1-17-9-6(8(14)16)2-3-7(15-9)18-5-4-10(11,12)13/h2-3H,4-5H2,1H3,(H2,14,16). The average Bonchev–Trinajstić information content (AvgIpc) is 2.26. The lowest BCUT2D eigenvalue weighted by Gasteiger charge is -2.10. The summed E-state index contributed by atoms with van der Waals surface area (Å²) in [7, 11) is 1.26. The van der Waals surface area contributed by atoms with Crippen molar-refractivity contribution in [2.75, 3.05) is 13.7 Å². The van der Waals surface area contributed by atoms with Crippen molar-refractivity contribution in [1.29, 1.82) is 0 Å². The Morgan fingerprint density at radius 2 is 2.11 bits per heavy atom. The van der Waals surface area contributed by atoms with E-state index in [1.165, 1.54) is 19.2 Å². The molecule has 0 radical (unpaired) electrons. The van der Waals surface area contributed by atoms with E-state index in [2.05, 4.69) is 4.98 Å². The number of aromatic nitrogens is 1. The number of primary amides is 1. The monoisotopic (exact) mass is 264 g/mol. The molecule has 1 aromatic rings. The quantitative estimate of drug-likeness (QED) is 0.874. The second-order valence-corrected chi connectivity index (χ2v) is 3.28. The molecule has 8 heteroatoms. The molecule has 1 amide bonds. The minimum Gasteiger partial charge on any atom is -0.480 e. The Balaban J connectivity index is 2.71. The van der Waals surface area contributed by atoms with E-state index < -0.39 is 25.1 Å². The Hall–Kier alpha value is -1.99. The second-order valence-electron chi connectivity index (χ2n) is 3.28. The lowest BCUT2D eigenvalue weighted by atomic mass is 10.2. The lowest BCUT2D eigenvalue weighted by Crippen LogP contribution is -2.15. The van der Waals surface area contributed by atoms with Gasteiger partial charge in [-0.1, -0.05) is 0 Å². The molecule has 18 heavy (non-hydrogen) atoms. The van der Waals surface area contributed by atoms with E-state index >= 15 is 0 Å². The van der Waals surface area contributed by atoms with Crippen molar-refractivity contribution in [3.05, 3.63) is 17.7 Å². The molecule has 0 unspecified atom stereocenters. The highest BCUT2D eigenvalue weighted by Gasteiger charge is 2.27. The van der Waals surface area contributed by atoms with Crippen LogP contribution in [0.2, 0.25) is 0 Å². The Labute approximate surface area is 101 Å². The van der Waals surface area contributed by atoms with Gasteiger partial charge in [0.05, 0.1) is 20.1 Å². The summed E-state index contributed by atoms with van der Waals surface area (Å²) in [6, 6.07) is 2.52. The first-order valence-electron chi connectivity index (χ1n) is 4.88. The summed E-state index contributed by atoms with van der Waals surface area (Å²) in [4.78, 5) is 14.7. The first-order valence-corrected chi connectivity index (χ1v) is 4.88. The molecule has 2 N–H and O–H groups in total. The number of carbonyl (C=O) groups is 1. The van der Waals surface area contributed by atoms with E-state index in [9.17, 15) is 18.0 Å². The van der Waals surface area contributed by atoms with Crippen LogP contribution < -0.4 is 15.2 Å². The van der Waals surface area contributed by atoms with E-state index in [-0.39, 0.29) is 17.3 Å². The van der Waals surface area contributed by atoms with Gasteiger partial charge in [-0.3, -0.25) is 4.79 Å². The number of pyridine rings is 1. The molecule has 0 bridgehead atoms. The van der Waals surface area contributed by atoms with Crippen molar-refractivity contribution in [3.63, 3.8) is 0 Å². The first kappa shape index (κ1) is 14.1. The number of amides is 1. The summed E-state index contributed by atoms with van der Waals surface area (Å²) < 4.78 is 45.2. The van der Waals surface area contributed by atoms with E-state index in [0.29, 0.717) is 0 Å². The van der Waals surface area contributed by atoms with Crippen LogP contribution in [0.4, 0.5) is 13.2 Å². The van der Waals surface area contributed by atoms with Crippen molar-refractivity contribution in [1.82, 2.24) is 4.98 Å². The number of hydrogen-bond donors (Lipinski definition) is 1. The minimum atomic E-state index is -4.29. The third kappa shape index (κ3) is 4.11. The zero-order valence-corrected chi connectivity index (χ0v) is 9.45. The zero-order chi connectivity index (χ0) is 13.8. The molecule has 0 aromatic carbocycles. The van der Waals surface area contributed by atoms with Crippen LogP contribution in [0, 0.1) is 0 Å². The SMILES string of the molecule is COc1nc(OCCC(F)(F)F)ccc1C(N)=O. The highest BCUT2D eigenvalue weighted by atomic mass is 19.4. The number of nitrogens with two attached hydrogens (primary N) is 1. The fourth-order valence-corrected chi connectivity index (χ4v) is 1.12. The number of ether oxygens (including phenoxy) is 2. The average molecular weight is 264 g/mol. The Morgan fingerprint density at radius 1 is 1.44 bits per heavy atom. The molecule has 0 aliphatic carbocycles. The fourth-order valence-electron chi connectivity index (χ4n) is 1.12. The molecule has 0 aliphatic rings. The summed E-state index contributed by atoms with van der Waals surface area (Å²) in [5.74, 6) is -0.908. The molecule has 100 valence electrons. The predicted octanol–water partition coefficient (Wildman–Crippen LogP) is 1.52. The molecule has 0 atom stereocenters. The van der Waals surface area contributed by atoms with Gasteiger partial charge in [-0.15, -0.1) is 0 Å². The van der Waals surface area contributed by atoms with Crippen molar-refractivity contribution < 1.29 is 27.4 Å². The Morgan fingerprint density at radius 3 is 2.61 bits per heavy atom. The molecule has 1 aromatic heterocycles. The largest absolute Gasteiger partial charge is 0.480 e. The fraction of sp³-hybridized carbons (Fsp3) is 0.400. The van der Waals surface area contributed by atoms with Crippen molar-refractivity contribution in [3.8, 4) is 11.8 Å². The van der Waals surface area contributed by atoms with Crippen molar-refractivity contribution in [2.24, 2.45) is 5.73 Å². The normalized spacial score (nSPS) is 11.1. The minimum absolute atomic E-state index is 0.0284. The number of rotatable bonds is 5. The molecular formula is C10H11F3N2O3. The van der Waals surface area contributed by atoms with Crippen molar-refractivity contribution >= 4 is 5.91 Å². The Bertz CT molecular complexity index is 435. The number of nitrogens with zero attached hydrogens (tertiary/aromatic N) is 1. The van der Waals surface area contributed by atoms with Gasteiger partial charge in [0.1, 0.15) is 5.56 Å². The van der Waals surface area contributed by atoms with Crippen LogP contribution in [0.15, 0.2) is 12.1 Å². The third-order valence-electron chi connectivity index (χ3n) is 1.93. The topological polar surface area (TPSA) is 74.4 Å². The van der Waals surface area contributed by atoms with Gasteiger partial charge < -0.3 is 15.2 Å². The highest BCUT2D eigenvalue weighted by Crippen LogP contribution is 2.22. The van der Waals surface area contributed by atoms with Crippen LogP contribution in [-0.2, 0) is 0 Å². The van der Waals surface area contributed by atoms with Crippen LogP contribution in [0.3, 0.4) is 0 Å². The Kier molecular flexibility index (Phi) is 4.35. The predicted molar refractivity (Wildman–Crippen MR) is 55.5 cm³/mol. The summed E-state index contributed by atoms with van der Waals surface area (Å²) in [5.41, 5.74) is 5.08. The van der Waals surface area contributed by atoms with E-state index in [1.54, 1.807) is 0 Å². The molecule has 1 heterocycles. The zero-order valence-electron chi connectivity index (χ0n) is 9.45. The molecule has 0 aliphatic heterocycles. The van der Waals surface area contributed by atoms with Gasteiger partial charge in [0.15, 0.2) is 0 Å². The molecule has 0 spiro atoms. The summed E-state index contributed by atoms with van der Waals surface area (Å²) >= 11 is 0. The van der Waals surface area contributed by atoms with Gasteiger partial charge >= 0.3 is 6.18 Å². The van der Waals surface area contributed by atoms with E-state index in [0.717, 1.165) is 0 Å². The van der Waals surface area contributed by atoms with E-state index in [4.69, 9.17) is 15.2 Å². The molecule has 1 rings (SSSR count). The summed E-state index contributed by atoms with van der Waals surface area (Å²) in [6.07, 6.45) is -5.38. The van der Waals surface area contributed by atoms with Gasteiger partial charge in [-0.2, -0.15) is 18.2 Å². The molecule has 5 nitrogen and oxygen atoms in total. The van der Waals surface area contributed by atoms with Crippen LogP contribution in [0.25, 0.3) is 0 Å². The number of hydrogen-bond acceptors (Lipinski definition) is 4. The molecular weight excluding hydrogens is 253 g/mol. The number of methoxy groups -OCH3 is 1. The maximum Gasteiger partial charge on any atom is 0.392 e. The molecule has 0 saturated heterocycles. The first-order chi connectivity index (χ1) is 8.33. The van der Waals surface area contributed by atoms with Gasteiger partial charge in [-0.05, 0) is 6.07 Å². The number of halogens is 3. The highest BCUT2D eigenvalue weighted by molar-refractivity contribution is 5.95. The van der Waals surface area contributed by atoms with Gasteiger partial charge in [0.2, 0.25) is 11.8 Å². The van der Waals surface area contributed by atoms with Crippen LogP contribution in [0.1, 0.15) is 16.8 Å².